The average Bonchev–Trinajstić information content (AvgIpc) is 2.97. The van der Waals surface area contributed by atoms with Crippen LogP contribution in [0.3, 0.4) is 0 Å². The van der Waals surface area contributed by atoms with Crippen molar-refractivity contribution in [3.05, 3.63) is 28.8 Å². The van der Waals surface area contributed by atoms with Crippen molar-refractivity contribution in [2.24, 2.45) is 0 Å². The summed E-state index contributed by atoms with van der Waals surface area (Å²) in [5, 5.41) is 0.562. The second-order valence-corrected chi connectivity index (χ2v) is 3.90. The number of benzene rings is 1. The molecule has 1 aromatic carbocycles. The van der Waals surface area contributed by atoms with E-state index in [4.69, 9.17) is 21.1 Å². The fourth-order valence-electron chi connectivity index (χ4n) is 1.25. The van der Waals surface area contributed by atoms with Gasteiger partial charge in [-0.3, -0.25) is 4.79 Å². The van der Waals surface area contributed by atoms with E-state index in [9.17, 15) is 4.79 Å². The van der Waals surface area contributed by atoms with Crippen LogP contribution < -0.4 is 4.74 Å². The van der Waals surface area contributed by atoms with E-state index in [2.05, 4.69) is 0 Å². The van der Waals surface area contributed by atoms with Gasteiger partial charge in [-0.1, -0.05) is 11.6 Å². The van der Waals surface area contributed by atoms with Crippen molar-refractivity contribution in [2.75, 3.05) is 13.2 Å². The van der Waals surface area contributed by atoms with E-state index in [1.807, 2.05) is 0 Å². The third-order valence-electron chi connectivity index (χ3n) is 2.15. The van der Waals surface area contributed by atoms with Gasteiger partial charge in [-0.2, -0.15) is 0 Å². The molecule has 4 heteroatoms. The summed E-state index contributed by atoms with van der Waals surface area (Å²) < 4.78 is 10.5. The van der Waals surface area contributed by atoms with Crippen LogP contribution in [-0.4, -0.2) is 25.1 Å². The lowest BCUT2D eigenvalue weighted by molar-refractivity contribution is 0.101. The van der Waals surface area contributed by atoms with Gasteiger partial charge in [-0.25, -0.2) is 0 Å². The number of ketones is 1. The van der Waals surface area contributed by atoms with Gasteiger partial charge in [-0.15, -0.1) is 0 Å². The van der Waals surface area contributed by atoms with E-state index in [1.165, 1.54) is 6.92 Å². The lowest BCUT2D eigenvalue weighted by atomic mass is 10.1. The highest BCUT2D eigenvalue weighted by atomic mass is 35.5. The van der Waals surface area contributed by atoms with Gasteiger partial charge in [-0.05, 0) is 25.1 Å². The summed E-state index contributed by atoms with van der Waals surface area (Å²) in [6, 6.07) is 5.01. The molecule has 1 fully saturated rings. The minimum Gasteiger partial charge on any atom is -0.490 e. The molecule has 0 amide bonds. The van der Waals surface area contributed by atoms with Gasteiger partial charge < -0.3 is 9.47 Å². The summed E-state index contributed by atoms with van der Waals surface area (Å²) in [5.41, 5.74) is 0.556. The van der Waals surface area contributed by atoms with E-state index in [0.29, 0.717) is 22.9 Å². The molecule has 1 aliphatic heterocycles. The normalized spacial score (nSPS) is 18.7. The second kappa shape index (κ2) is 4.21. The predicted octanol–water partition coefficient (Wildman–Crippen LogP) is 2.32. The van der Waals surface area contributed by atoms with Gasteiger partial charge in [0.1, 0.15) is 18.5 Å². The maximum absolute atomic E-state index is 11.3. The van der Waals surface area contributed by atoms with Crippen LogP contribution in [-0.2, 0) is 4.74 Å². The van der Waals surface area contributed by atoms with Crippen molar-refractivity contribution in [3.63, 3.8) is 0 Å². The minimum absolute atomic E-state index is 0.0293. The molecular weight excluding hydrogens is 216 g/mol. The molecule has 1 heterocycles. The topological polar surface area (TPSA) is 38.8 Å². The molecule has 0 radical (unpaired) electrons. The molecule has 1 aromatic rings. The summed E-state index contributed by atoms with van der Waals surface area (Å²) >= 11 is 5.83. The van der Waals surface area contributed by atoms with Crippen LogP contribution in [0.1, 0.15) is 17.3 Å². The predicted molar refractivity (Wildman–Crippen MR) is 56.7 cm³/mol. The van der Waals surface area contributed by atoms with Gasteiger partial charge >= 0.3 is 0 Å². The zero-order valence-electron chi connectivity index (χ0n) is 8.33. The van der Waals surface area contributed by atoms with Gasteiger partial charge in [0.2, 0.25) is 0 Å². The number of carbonyl (C=O) groups is 1. The third-order valence-corrected chi connectivity index (χ3v) is 2.39. The Morgan fingerprint density at radius 2 is 2.40 bits per heavy atom. The molecule has 1 saturated heterocycles. The largest absolute Gasteiger partial charge is 0.490 e. The summed E-state index contributed by atoms with van der Waals surface area (Å²) in [5.74, 6) is 0.504. The van der Waals surface area contributed by atoms with E-state index < -0.39 is 0 Å². The SMILES string of the molecule is CC(=O)c1ccc(Cl)cc1OC[C@H]1CO1. The maximum atomic E-state index is 11.3. The van der Waals surface area contributed by atoms with Crippen molar-refractivity contribution < 1.29 is 14.3 Å². The fraction of sp³-hybridized carbons (Fsp3) is 0.364. The molecule has 2 rings (SSSR count). The zero-order chi connectivity index (χ0) is 10.8. The average molecular weight is 227 g/mol. The van der Waals surface area contributed by atoms with Gasteiger partial charge in [0.05, 0.1) is 12.2 Å². The van der Waals surface area contributed by atoms with Crippen molar-refractivity contribution in [1.29, 1.82) is 0 Å². The standard InChI is InChI=1S/C11H11ClO3/c1-7(13)10-3-2-8(12)4-11(10)15-6-9-5-14-9/h2-4,9H,5-6H2,1H3/t9-/m1/s1. The summed E-state index contributed by atoms with van der Waals surface area (Å²) in [6.07, 6.45) is 0.170. The molecule has 0 unspecified atom stereocenters. The molecule has 15 heavy (non-hydrogen) atoms. The fourth-order valence-corrected chi connectivity index (χ4v) is 1.42. The molecule has 0 aliphatic carbocycles. The molecule has 80 valence electrons. The smallest absolute Gasteiger partial charge is 0.163 e. The van der Waals surface area contributed by atoms with Crippen LogP contribution in [0.2, 0.25) is 5.02 Å². The van der Waals surface area contributed by atoms with E-state index in [1.54, 1.807) is 18.2 Å². The Hall–Kier alpha value is -1.06. The first-order valence-corrected chi connectivity index (χ1v) is 5.09. The molecule has 0 N–H and O–H groups in total. The number of ether oxygens (including phenoxy) is 2. The lowest BCUT2D eigenvalue weighted by Crippen LogP contribution is -2.07. The second-order valence-electron chi connectivity index (χ2n) is 3.46. The van der Waals surface area contributed by atoms with Gasteiger partial charge in [0.15, 0.2) is 5.78 Å². The first-order chi connectivity index (χ1) is 7.16. The highest BCUT2D eigenvalue weighted by Crippen LogP contribution is 2.25. The quantitative estimate of drug-likeness (QED) is 0.584. The summed E-state index contributed by atoms with van der Waals surface area (Å²) in [4.78, 5) is 11.3. The molecule has 0 aromatic heterocycles. The number of hydrogen-bond donors (Lipinski definition) is 0. The van der Waals surface area contributed by atoms with E-state index >= 15 is 0 Å². The van der Waals surface area contributed by atoms with E-state index in [0.717, 1.165) is 6.61 Å². The summed E-state index contributed by atoms with van der Waals surface area (Å²) in [7, 11) is 0. The monoisotopic (exact) mass is 226 g/mol. The number of epoxide rings is 1. The molecule has 1 aliphatic rings. The minimum atomic E-state index is -0.0293. The highest BCUT2D eigenvalue weighted by molar-refractivity contribution is 6.30. The lowest BCUT2D eigenvalue weighted by Gasteiger charge is -2.08. The van der Waals surface area contributed by atoms with Crippen LogP contribution in [0, 0.1) is 0 Å². The number of rotatable bonds is 4. The third kappa shape index (κ3) is 2.70. The van der Waals surface area contributed by atoms with Crippen LogP contribution >= 0.6 is 11.6 Å². The first-order valence-electron chi connectivity index (χ1n) is 4.71. The Bertz CT molecular complexity index is 385. The number of Topliss-reactive ketones (excluding diaryl/α,β-unsaturated/α-hetero) is 1. The molecular formula is C11H11ClO3. The van der Waals surface area contributed by atoms with Crippen molar-refractivity contribution in [3.8, 4) is 5.75 Å². The van der Waals surface area contributed by atoms with Crippen molar-refractivity contribution in [2.45, 2.75) is 13.0 Å². The van der Waals surface area contributed by atoms with Crippen LogP contribution in [0.15, 0.2) is 18.2 Å². The van der Waals surface area contributed by atoms with Crippen molar-refractivity contribution in [1.82, 2.24) is 0 Å². The number of carbonyl (C=O) groups excluding carboxylic acids is 1. The Morgan fingerprint density at radius 3 is 3.00 bits per heavy atom. The molecule has 0 spiro atoms. The van der Waals surface area contributed by atoms with Crippen LogP contribution in [0.25, 0.3) is 0 Å². The van der Waals surface area contributed by atoms with Gasteiger partial charge in [0.25, 0.3) is 0 Å². The zero-order valence-corrected chi connectivity index (χ0v) is 9.08. The highest BCUT2D eigenvalue weighted by Gasteiger charge is 2.23. The number of hydrogen-bond acceptors (Lipinski definition) is 3. The van der Waals surface area contributed by atoms with Crippen molar-refractivity contribution >= 4 is 17.4 Å². The van der Waals surface area contributed by atoms with Crippen LogP contribution in [0.4, 0.5) is 0 Å². The Kier molecular flexibility index (Phi) is 2.93. The van der Waals surface area contributed by atoms with Gasteiger partial charge in [0, 0.05) is 5.02 Å². The van der Waals surface area contributed by atoms with Crippen LogP contribution in [0.5, 0.6) is 5.75 Å². The first kappa shape index (κ1) is 10.5. The maximum Gasteiger partial charge on any atom is 0.163 e. The molecule has 0 bridgehead atoms. The summed E-state index contributed by atoms with van der Waals surface area (Å²) in [6.45, 7) is 2.71. The molecule has 1 atom stereocenters. The molecule has 0 saturated carbocycles. The van der Waals surface area contributed by atoms with E-state index in [-0.39, 0.29) is 11.9 Å². The molecule has 3 nitrogen and oxygen atoms in total. The Balaban J connectivity index is 2.16. The Morgan fingerprint density at radius 1 is 1.67 bits per heavy atom. The number of halogens is 1. The Labute approximate surface area is 92.9 Å².